The lowest BCUT2D eigenvalue weighted by Gasteiger charge is -2.19. The molecule has 0 aromatic carbocycles. The number of aromatic nitrogens is 2. The molecule has 1 N–H and O–H groups in total. The third-order valence-corrected chi connectivity index (χ3v) is 2.00. The highest BCUT2D eigenvalue weighted by Gasteiger charge is 2.03. The van der Waals surface area contributed by atoms with Crippen LogP contribution in [0.15, 0.2) is 18.5 Å². The van der Waals surface area contributed by atoms with E-state index in [4.69, 9.17) is 0 Å². The van der Waals surface area contributed by atoms with E-state index < -0.39 is 0 Å². The molecule has 1 heterocycles. The van der Waals surface area contributed by atoms with Crippen LogP contribution in [0.3, 0.4) is 0 Å². The zero-order valence-electron chi connectivity index (χ0n) is 8.36. The molecule has 1 aromatic rings. The fraction of sp³-hybridized carbons (Fsp3) is 0.556. The maximum atomic E-state index is 4.07. The second kappa shape index (κ2) is 4.77. The van der Waals surface area contributed by atoms with Crippen molar-refractivity contribution < 1.29 is 0 Å². The summed E-state index contributed by atoms with van der Waals surface area (Å²) in [7, 11) is 4.11. The van der Waals surface area contributed by atoms with Crippen molar-refractivity contribution in [1.82, 2.24) is 14.9 Å². The minimum absolute atomic E-state index is 0.476. The summed E-state index contributed by atoms with van der Waals surface area (Å²) < 4.78 is 0. The fourth-order valence-corrected chi connectivity index (χ4v) is 0.812. The van der Waals surface area contributed by atoms with E-state index in [1.165, 1.54) is 0 Å². The van der Waals surface area contributed by atoms with Crippen molar-refractivity contribution in [2.24, 2.45) is 0 Å². The van der Waals surface area contributed by atoms with Crippen LogP contribution >= 0.6 is 0 Å². The third-order valence-electron chi connectivity index (χ3n) is 2.00. The second-order valence-corrected chi connectivity index (χ2v) is 3.27. The Labute approximate surface area is 79.0 Å². The Hall–Kier alpha value is -1.16. The summed E-state index contributed by atoms with van der Waals surface area (Å²) in [6, 6.07) is 2.28. The normalized spacial score (nSPS) is 12.9. The molecule has 0 aliphatic carbocycles. The van der Waals surface area contributed by atoms with E-state index in [1.807, 2.05) is 0 Å². The lowest BCUT2D eigenvalue weighted by Crippen LogP contribution is -2.31. The molecule has 1 aromatic heterocycles. The first kappa shape index (κ1) is 9.92. The van der Waals surface area contributed by atoms with Crippen LogP contribution in [-0.2, 0) is 0 Å². The average molecular weight is 180 g/mol. The molecule has 0 spiro atoms. The van der Waals surface area contributed by atoms with Crippen molar-refractivity contribution in [3.63, 3.8) is 0 Å². The summed E-state index contributed by atoms with van der Waals surface area (Å²) in [5, 5.41) is 3.16. The number of nitrogens with one attached hydrogen (secondary N) is 1. The van der Waals surface area contributed by atoms with Crippen LogP contribution in [0.1, 0.15) is 6.92 Å². The molecule has 1 rings (SSSR count). The van der Waals surface area contributed by atoms with Gasteiger partial charge in [-0.25, -0.2) is 9.97 Å². The van der Waals surface area contributed by atoms with Gasteiger partial charge in [-0.3, -0.25) is 0 Å². The predicted molar refractivity (Wildman–Crippen MR) is 53.7 cm³/mol. The highest BCUT2D eigenvalue weighted by atomic mass is 15.2. The molecule has 0 amide bonds. The van der Waals surface area contributed by atoms with Crippen molar-refractivity contribution >= 4 is 5.95 Å². The summed E-state index contributed by atoms with van der Waals surface area (Å²) in [6.45, 7) is 3.01. The Kier molecular flexibility index (Phi) is 3.64. The Balaban J connectivity index is 2.35. The van der Waals surface area contributed by atoms with Crippen LogP contribution < -0.4 is 5.32 Å². The largest absolute Gasteiger partial charge is 0.353 e. The monoisotopic (exact) mass is 180 g/mol. The number of hydrogen-bond acceptors (Lipinski definition) is 4. The van der Waals surface area contributed by atoms with Gasteiger partial charge in [0, 0.05) is 25.0 Å². The summed E-state index contributed by atoms with van der Waals surface area (Å²) in [6.07, 6.45) is 3.46. The van der Waals surface area contributed by atoms with Crippen molar-refractivity contribution in [3.05, 3.63) is 18.5 Å². The summed E-state index contributed by atoms with van der Waals surface area (Å²) in [5.74, 6) is 0.691. The minimum Gasteiger partial charge on any atom is -0.353 e. The maximum absolute atomic E-state index is 4.07. The van der Waals surface area contributed by atoms with E-state index in [2.05, 4.69) is 41.2 Å². The fourth-order valence-electron chi connectivity index (χ4n) is 0.812. The molecule has 4 nitrogen and oxygen atoms in total. The van der Waals surface area contributed by atoms with E-state index in [-0.39, 0.29) is 0 Å². The molecule has 1 unspecified atom stereocenters. The number of likely N-dealkylation sites (N-methyl/N-ethyl adjacent to an activating group) is 1. The van der Waals surface area contributed by atoms with Gasteiger partial charge < -0.3 is 10.2 Å². The lowest BCUT2D eigenvalue weighted by atomic mass is 10.3. The van der Waals surface area contributed by atoms with Gasteiger partial charge in [-0.2, -0.15) is 0 Å². The molecule has 0 fully saturated rings. The highest BCUT2D eigenvalue weighted by molar-refractivity contribution is 5.22. The molecule has 72 valence electrons. The van der Waals surface area contributed by atoms with Gasteiger partial charge in [-0.05, 0) is 27.1 Å². The molecular weight excluding hydrogens is 164 g/mol. The van der Waals surface area contributed by atoms with Crippen LogP contribution in [0.4, 0.5) is 5.95 Å². The Bertz CT molecular complexity index is 235. The van der Waals surface area contributed by atoms with Gasteiger partial charge in [0.15, 0.2) is 0 Å². The Morgan fingerprint density at radius 1 is 1.38 bits per heavy atom. The number of nitrogens with zero attached hydrogens (tertiary/aromatic N) is 3. The van der Waals surface area contributed by atoms with Crippen molar-refractivity contribution in [3.8, 4) is 0 Å². The standard InChI is InChI=1S/C9H16N4/c1-8(13(2)3)7-12-9-10-5-4-6-11-9/h4-6,8H,7H2,1-3H3,(H,10,11,12). The van der Waals surface area contributed by atoms with E-state index in [0.29, 0.717) is 12.0 Å². The van der Waals surface area contributed by atoms with Crippen molar-refractivity contribution in [1.29, 1.82) is 0 Å². The van der Waals surface area contributed by atoms with Crippen LogP contribution in [0.2, 0.25) is 0 Å². The van der Waals surface area contributed by atoms with Crippen LogP contribution in [-0.4, -0.2) is 41.5 Å². The van der Waals surface area contributed by atoms with Crippen LogP contribution in [0.25, 0.3) is 0 Å². The first-order valence-electron chi connectivity index (χ1n) is 4.37. The summed E-state index contributed by atoms with van der Waals surface area (Å²) in [5.41, 5.74) is 0. The van der Waals surface area contributed by atoms with Crippen LogP contribution in [0.5, 0.6) is 0 Å². The Morgan fingerprint density at radius 3 is 2.54 bits per heavy atom. The first-order valence-corrected chi connectivity index (χ1v) is 4.37. The van der Waals surface area contributed by atoms with Crippen LogP contribution in [0, 0.1) is 0 Å². The summed E-state index contributed by atoms with van der Waals surface area (Å²) >= 11 is 0. The van der Waals surface area contributed by atoms with E-state index in [9.17, 15) is 0 Å². The molecule has 0 aliphatic rings. The smallest absolute Gasteiger partial charge is 0.222 e. The van der Waals surface area contributed by atoms with E-state index in [0.717, 1.165) is 6.54 Å². The maximum Gasteiger partial charge on any atom is 0.222 e. The van der Waals surface area contributed by atoms with Gasteiger partial charge in [-0.15, -0.1) is 0 Å². The van der Waals surface area contributed by atoms with Crippen molar-refractivity contribution in [2.75, 3.05) is 26.0 Å². The summed E-state index contributed by atoms with van der Waals surface area (Å²) in [4.78, 5) is 10.3. The first-order chi connectivity index (χ1) is 6.20. The highest BCUT2D eigenvalue weighted by Crippen LogP contribution is 1.96. The lowest BCUT2D eigenvalue weighted by molar-refractivity contribution is 0.326. The topological polar surface area (TPSA) is 41.1 Å². The molecule has 4 heteroatoms. The quantitative estimate of drug-likeness (QED) is 0.745. The number of rotatable bonds is 4. The number of hydrogen-bond donors (Lipinski definition) is 1. The van der Waals surface area contributed by atoms with E-state index in [1.54, 1.807) is 18.5 Å². The minimum atomic E-state index is 0.476. The van der Waals surface area contributed by atoms with Gasteiger partial charge in [0.05, 0.1) is 0 Å². The molecular formula is C9H16N4. The van der Waals surface area contributed by atoms with Gasteiger partial charge in [0.1, 0.15) is 0 Å². The molecule has 0 aliphatic heterocycles. The van der Waals surface area contributed by atoms with Gasteiger partial charge in [0.25, 0.3) is 0 Å². The molecule has 1 atom stereocenters. The molecule has 0 bridgehead atoms. The van der Waals surface area contributed by atoms with Crippen molar-refractivity contribution in [2.45, 2.75) is 13.0 Å². The Morgan fingerprint density at radius 2 is 2.00 bits per heavy atom. The third kappa shape index (κ3) is 3.38. The predicted octanol–water partition coefficient (Wildman–Crippen LogP) is 0.839. The van der Waals surface area contributed by atoms with Gasteiger partial charge in [0.2, 0.25) is 5.95 Å². The zero-order valence-corrected chi connectivity index (χ0v) is 8.36. The van der Waals surface area contributed by atoms with Gasteiger partial charge in [-0.1, -0.05) is 0 Å². The second-order valence-electron chi connectivity index (χ2n) is 3.27. The average Bonchev–Trinajstić information content (AvgIpc) is 2.15. The SMILES string of the molecule is CC(CNc1ncccn1)N(C)C. The van der Waals surface area contributed by atoms with E-state index >= 15 is 0 Å². The zero-order chi connectivity index (χ0) is 9.68. The van der Waals surface area contributed by atoms with Gasteiger partial charge >= 0.3 is 0 Å². The molecule has 0 saturated heterocycles. The molecule has 0 radical (unpaired) electrons. The number of anilines is 1. The molecule has 13 heavy (non-hydrogen) atoms. The molecule has 0 saturated carbocycles.